The van der Waals surface area contributed by atoms with E-state index in [1.165, 1.54) is 4.52 Å². The maximum atomic E-state index is 11.6. The van der Waals surface area contributed by atoms with E-state index in [-0.39, 0.29) is 5.69 Å². The van der Waals surface area contributed by atoms with Gasteiger partial charge in [-0.15, -0.1) is 0 Å². The number of fused-ring (bicyclic) bond motifs is 1. The van der Waals surface area contributed by atoms with Crippen LogP contribution >= 0.6 is 0 Å². The molecule has 0 radical (unpaired) electrons. The second-order valence-corrected chi connectivity index (χ2v) is 3.96. The van der Waals surface area contributed by atoms with Crippen LogP contribution in [0, 0.1) is 0 Å². The van der Waals surface area contributed by atoms with Gasteiger partial charge >= 0.3 is 5.97 Å². The highest BCUT2D eigenvalue weighted by Gasteiger charge is 2.26. The Morgan fingerprint density at radius 3 is 2.88 bits per heavy atom. The number of aromatic carboxylic acids is 1. The number of nitrogens with zero attached hydrogens (tertiary/aromatic N) is 2. The molecule has 1 saturated carbocycles. The number of H-pyrrole nitrogens is 1. The summed E-state index contributed by atoms with van der Waals surface area (Å²) >= 11 is 0. The molecular weight excluding hydrogens is 210 g/mol. The second-order valence-electron chi connectivity index (χ2n) is 3.96. The molecule has 6 nitrogen and oxygen atoms in total. The fourth-order valence-electron chi connectivity index (χ4n) is 1.72. The molecule has 0 aromatic carbocycles. The van der Waals surface area contributed by atoms with E-state index in [2.05, 4.69) is 10.1 Å². The predicted molar refractivity (Wildman–Crippen MR) is 54.7 cm³/mol. The quantitative estimate of drug-likeness (QED) is 0.774. The molecule has 2 aromatic heterocycles. The van der Waals surface area contributed by atoms with Crippen molar-refractivity contribution in [2.75, 3.05) is 0 Å². The zero-order valence-electron chi connectivity index (χ0n) is 8.30. The Bertz CT molecular complexity index is 636. The van der Waals surface area contributed by atoms with Crippen LogP contribution in [0.2, 0.25) is 0 Å². The third-order valence-electron chi connectivity index (χ3n) is 2.71. The molecular formula is C10H9N3O3. The minimum Gasteiger partial charge on any atom is -0.477 e. The van der Waals surface area contributed by atoms with Crippen LogP contribution in [0.5, 0.6) is 0 Å². The Morgan fingerprint density at radius 2 is 2.25 bits per heavy atom. The summed E-state index contributed by atoms with van der Waals surface area (Å²) in [6, 6.07) is 2.76. The van der Waals surface area contributed by atoms with Crippen LogP contribution in [0.3, 0.4) is 0 Å². The fourth-order valence-corrected chi connectivity index (χ4v) is 1.72. The zero-order valence-corrected chi connectivity index (χ0v) is 8.30. The van der Waals surface area contributed by atoms with Gasteiger partial charge in [0, 0.05) is 23.7 Å². The summed E-state index contributed by atoms with van der Waals surface area (Å²) in [4.78, 5) is 26.2. The molecule has 0 unspecified atom stereocenters. The number of carbonyl (C=O) groups is 1. The van der Waals surface area contributed by atoms with Gasteiger partial charge in [-0.05, 0) is 12.8 Å². The Hall–Kier alpha value is -2.11. The second kappa shape index (κ2) is 2.94. The first-order valence-electron chi connectivity index (χ1n) is 5.01. The van der Waals surface area contributed by atoms with Crippen LogP contribution in [0.15, 0.2) is 16.9 Å². The summed E-state index contributed by atoms with van der Waals surface area (Å²) in [6.07, 6.45) is 2.21. The van der Waals surface area contributed by atoms with Gasteiger partial charge in [-0.1, -0.05) is 0 Å². The van der Waals surface area contributed by atoms with E-state index in [1.54, 1.807) is 6.07 Å². The molecule has 0 bridgehead atoms. The molecule has 1 aliphatic rings. The SMILES string of the molecule is O=C(O)c1cc(=O)n2[nH]c(C3CC3)cc2n1. The molecule has 0 spiro atoms. The summed E-state index contributed by atoms with van der Waals surface area (Å²) in [7, 11) is 0. The molecule has 2 heterocycles. The van der Waals surface area contributed by atoms with Crippen molar-refractivity contribution in [3.05, 3.63) is 33.9 Å². The van der Waals surface area contributed by atoms with E-state index >= 15 is 0 Å². The minimum absolute atomic E-state index is 0.216. The number of carboxylic acids is 1. The molecule has 1 fully saturated rings. The van der Waals surface area contributed by atoms with Crippen molar-refractivity contribution in [2.45, 2.75) is 18.8 Å². The van der Waals surface area contributed by atoms with E-state index < -0.39 is 11.5 Å². The van der Waals surface area contributed by atoms with Gasteiger partial charge in [-0.2, -0.15) is 0 Å². The monoisotopic (exact) mass is 219 g/mol. The van der Waals surface area contributed by atoms with Crippen molar-refractivity contribution in [1.29, 1.82) is 0 Å². The largest absolute Gasteiger partial charge is 0.477 e. The molecule has 0 aliphatic heterocycles. The average Bonchev–Trinajstić information content (AvgIpc) is 2.98. The highest BCUT2D eigenvalue weighted by molar-refractivity contribution is 5.85. The molecule has 6 heteroatoms. The normalized spacial score (nSPS) is 15.5. The highest BCUT2D eigenvalue weighted by Crippen LogP contribution is 2.39. The lowest BCUT2D eigenvalue weighted by atomic mass is 10.3. The first-order chi connectivity index (χ1) is 7.65. The summed E-state index contributed by atoms with van der Waals surface area (Å²) in [5, 5.41) is 11.7. The topological polar surface area (TPSA) is 87.5 Å². The Labute approximate surface area is 89.5 Å². The zero-order chi connectivity index (χ0) is 11.3. The van der Waals surface area contributed by atoms with Crippen LogP contribution in [-0.4, -0.2) is 25.7 Å². The Balaban J connectivity index is 2.25. The van der Waals surface area contributed by atoms with Crippen molar-refractivity contribution in [2.24, 2.45) is 0 Å². The van der Waals surface area contributed by atoms with Crippen LogP contribution in [0.4, 0.5) is 0 Å². The number of aromatic nitrogens is 3. The summed E-state index contributed by atoms with van der Waals surface area (Å²) in [5.41, 5.74) is 0.708. The predicted octanol–water partition coefficient (Wildman–Crippen LogP) is 0.598. The van der Waals surface area contributed by atoms with E-state index in [0.717, 1.165) is 24.6 Å². The number of hydrogen-bond donors (Lipinski definition) is 2. The van der Waals surface area contributed by atoms with Gasteiger partial charge in [0.2, 0.25) is 0 Å². The van der Waals surface area contributed by atoms with E-state index in [0.29, 0.717) is 11.6 Å². The maximum Gasteiger partial charge on any atom is 0.354 e. The average molecular weight is 219 g/mol. The van der Waals surface area contributed by atoms with Gasteiger partial charge in [0.1, 0.15) is 0 Å². The van der Waals surface area contributed by atoms with Crippen molar-refractivity contribution >= 4 is 11.6 Å². The molecule has 1 aliphatic carbocycles. The standard InChI is InChI=1S/C10H9N3O3/c14-9-4-7(10(15)16)11-8-3-6(5-1-2-5)12-13(8)9/h3-5,12H,1-2H2,(H,15,16). The third kappa shape index (κ3) is 1.30. The van der Waals surface area contributed by atoms with E-state index in [4.69, 9.17) is 5.11 Å². The van der Waals surface area contributed by atoms with Gasteiger partial charge in [0.05, 0.1) is 0 Å². The molecule has 2 aromatic rings. The maximum absolute atomic E-state index is 11.6. The number of aromatic amines is 1. The molecule has 82 valence electrons. The van der Waals surface area contributed by atoms with Crippen LogP contribution < -0.4 is 5.56 Å². The lowest BCUT2D eigenvalue weighted by Gasteiger charge is -1.94. The first kappa shape index (κ1) is 9.14. The van der Waals surface area contributed by atoms with Crippen molar-refractivity contribution in [3.63, 3.8) is 0 Å². The number of carboxylic acid groups (broad SMARTS) is 1. The van der Waals surface area contributed by atoms with Gasteiger partial charge in [0.15, 0.2) is 11.3 Å². The van der Waals surface area contributed by atoms with Gasteiger partial charge in [-0.3, -0.25) is 9.89 Å². The molecule has 0 amide bonds. The minimum atomic E-state index is -1.19. The molecule has 0 atom stereocenters. The molecule has 0 saturated heterocycles. The number of rotatable bonds is 2. The highest BCUT2D eigenvalue weighted by atomic mass is 16.4. The van der Waals surface area contributed by atoms with Gasteiger partial charge < -0.3 is 5.11 Å². The van der Waals surface area contributed by atoms with Crippen LogP contribution in [0.25, 0.3) is 5.65 Å². The summed E-state index contributed by atoms with van der Waals surface area (Å²) in [5.74, 6) is -0.719. The smallest absolute Gasteiger partial charge is 0.354 e. The third-order valence-corrected chi connectivity index (χ3v) is 2.71. The summed E-state index contributed by atoms with van der Waals surface area (Å²) < 4.78 is 1.28. The number of hydrogen-bond acceptors (Lipinski definition) is 3. The van der Waals surface area contributed by atoms with Crippen LogP contribution in [0.1, 0.15) is 34.9 Å². The van der Waals surface area contributed by atoms with E-state index in [1.807, 2.05) is 0 Å². The van der Waals surface area contributed by atoms with Gasteiger partial charge in [0.25, 0.3) is 5.56 Å². The van der Waals surface area contributed by atoms with Crippen molar-refractivity contribution < 1.29 is 9.90 Å². The first-order valence-corrected chi connectivity index (χ1v) is 5.01. The fraction of sp³-hybridized carbons (Fsp3) is 0.300. The van der Waals surface area contributed by atoms with Crippen molar-refractivity contribution in [1.82, 2.24) is 14.6 Å². The van der Waals surface area contributed by atoms with E-state index in [9.17, 15) is 9.59 Å². The van der Waals surface area contributed by atoms with Crippen molar-refractivity contribution in [3.8, 4) is 0 Å². The lowest BCUT2D eigenvalue weighted by Crippen LogP contribution is -2.17. The van der Waals surface area contributed by atoms with Gasteiger partial charge in [-0.25, -0.2) is 14.3 Å². The summed E-state index contributed by atoms with van der Waals surface area (Å²) in [6.45, 7) is 0. The van der Waals surface area contributed by atoms with Crippen LogP contribution in [-0.2, 0) is 0 Å². The number of nitrogens with one attached hydrogen (secondary N) is 1. The lowest BCUT2D eigenvalue weighted by molar-refractivity contribution is 0.0690. The molecule has 16 heavy (non-hydrogen) atoms. The molecule has 2 N–H and O–H groups in total. The molecule has 3 rings (SSSR count). The Morgan fingerprint density at radius 1 is 1.50 bits per heavy atom. The Kier molecular flexibility index (Phi) is 1.68.